The van der Waals surface area contributed by atoms with Gasteiger partial charge in [0.05, 0.1) is 12.7 Å². The number of esters is 1. The molecular weight excluding hydrogens is 222 g/mol. The highest BCUT2D eigenvalue weighted by Gasteiger charge is 2.15. The van der Waals surface area contributed by atoms with Crippen molar-refractivity contribution in [2.24, 2.45) is 0 Å². The van der Waals surface area contributed by atoms with Crippen LogP contribution in [0, 0.1) is 0 Å². The number of rotatable bonds is 8. The zero-order chi connectivity index (χ0) is 12.3. The predicted octanol–water partition coefficient (Wildman–Crippen LogP) is 0.725. The first-order valence-corrected chi connectivity index (χ1v) is 6.38. The van der Waals surface area contributed by atoms with Crippen LogP contribution in [0.3, 0.4) is 0 Å². The Kier molecular flexibility index (Phi) is 7.96. The third-order valence-corrected chi connectivity index (χ3v) is 2.56. The van der Waals surface area contributed by atoms with Crippen LogP contribution >= 0.6 is 0 Å². The van der Waals surface area contributed by atoms with Crippen LogP contribution in [0.25, 0.3) is 0 Å². The van der Waals surface area contributed by atoms with E-state index in [1.807, 2.05) is 6.92 Å². The van der Waals surface area contributed by atoms with E-state index in [9.17, 15) is 4.79 Å². The van der Waals surface area contributed by atoms with E-state index in [0.29, 0.717) is 19.8 Å². The van der Waals surface area contributed by atoms with Crippen molar-refractivity contribution >= 4 is 5.97 Å². The maximum Gasteiger partial charge on any atom is 0.332 e. The van der Waals surface area contributed by atoms with Gasteiger partial charge in [-0.1, -0.05) is 6.92 Å². The summed E-state index contributed by atoms with van der Waals surface area (Å²) >= 11 is 0. The fourth-order valence-corrected chi connectivity index (χ4v) is 1.65. The van der Waals surface area contributed by atoms with Crippen LogP contribution in [0.15, 0.2) is 0 Å². The molecule has 0 aromatic rings. The molecule has 0 saturated carbocycles. The predicted molar refractivity (Wildman–Crippen MR) is 63.9 cm³/mol. The van der Waals surface area contributed by atoms with Crippen LogP contribution in [-0.2, 0) is 19.0 Å². The van der Waals surface area contributed by atoms with Gasteiger partial charge in [0.15, 0.2) is 0 Å². The van der Waals surface area contributed by atoms with E-state index < -0.39 is 0 Å². The molecule has 5 heteroatoms. The lowest BCUT2D eigenvalue weighted by atomic mass is 10.1. The fraction of sp³-hybridized carbons (Fsp3) is 0.917. The summed E-state index contributed by atoms with van der Waals surface area (Å²) < 4.78 is 15.6. The van der Waals surface area contributed by atoms with Gasteiger partial charge in [0.2, 0.25) is 0 Å². The van der Waals surface area contributed by atoms with Crippen LogP contribution in [0.5, 0.6) is 0 Å². The van der Waals surface area contributed by atoms with Gasteiger partial charge in [0.1, 0.15) is 13.2 Å². The SMILES string of the molecule is CCCOCCOC(=O)COC1CCNCC1. The molecule has 0 aliphatic carbocycles. The van der Waals surface area contributed by atoms with E-state index in [-0.39, 0.29) is 18.7 Å². The molecule has 0 atom stereocenters. The van der Waals surface area contributed by atoms with Crippen LogP contribution in [0.1, 0.15) is 26.2 Å². The summed E-state index contributed by atoms with van der Waals surface area (Å²) in [4.78, 5) is 11.3. The highest BCUT2D eigenvalue weighted by molar-refractivity contribution is 5.70. The highest BCUT2D eigenvalue weighted by atomic mass is 16.6. The highest BCUT2D eigenvalue weighted by Crippen LogP contribution is 2.06. The van der Waals surface area contributed by atoms with Gasteiger partial charge in [-0.15, -0.1) is 0 Å². The second-order valence-corrected chi connectivity index (χ2v) is 4.09. The number of carbonyl (C=O) groups excluding carboxylic acids is 1. The van der Waals surface area contributed by atoms with Gasteiger partial charge in [-0.05, 0) is 32.4 Å². The van der Waals surface area contributed by atoms with Crippen molar-refractivity contribution in [3.05, 3.63) is 0 Å². The normalized spacial score (nSPS) is 17.0. The molecule has 17 heavy (non-hydrogen) atoms. The van der Waals surface area contributed by atoms with E-state index in [1.165, 1.54) is 0 Å². The van der Waals surface area contributed by atoms with E-state index in [4.69, 9.17) is 14.2 Å². The second kappa shape index (κ2) is 9.39. The molecule has 1 N–H and O–H groups in total. The standard InChI is InChI=1S/C12H23NO4/c1-2-7-15-8-9-16-12(14)10-17-11-3-5-13-6-4-11/h11,13H,2-10H2,1H3. The topological polar surface area (TPSA) is 56.8 Å². The first kappa shape index (κ1) is 14.4. The van der Waals surface area contributed by atoms with Gasteiger partial charge < -0.3 is 19.5 Å². The minimum Gasteiger partial charge on any atom is -0.462 e. The van der Waals surface area contributed by atoms with E-state index in [1.54, 1.807) is 0 Å². The Hall–Kier alpha value is -0.650. The summed E-state index contributed by atoms with van der Waals surface area (Å²) in [6.45, 7) is 5.51. The van der Waals surface area contributed by atoms with Crippen molar-refractivity contribution in [2.75, 3.05) is 39.5 Å². The van der Waals surface area contributed by atoms with Gasteiger partial charge in [0.25, 0.3) is 0 Å². The molecule has 1 fully saturated rings. The van der Waals surface area contributed by atoms with Crippen LogP contribution in [0.4, 0.5) is 0 Å². The molecule has 1 saturated heterocycles. The third-order valence-electron chi connectivity index (χ3n) is 2.56. The minimum absolute atomic E-state index is 0.0540. The average molecular weight is 245 g/mol. The summed E-state index contributed by atoms with van der Waals surface area (Å²) in [5.74, 6) is -0.302. The van der Waals surface area contributed by atoms with Crippen molar-refractivity contribution in [1.29, 1.82) is 0 Å². The number of carbonyl (C=O) groups is 1. The molecule has 0 unspecified atom stereocenters. The van der Waals surface area contributed by atoms with Crippen molar-refractivity contribution in [3.8, 4) is 0 Å². The van der Waals surface area contributed by atoms with Gasteiger partial charge in [-0.3, -0.25) is 0 Å². The summed E-state index contributed by atoms with van der Waals surface area (Å²) in [6.07, 6.45) is 3.10. The molecule has 0 amide bonds. The van der Waals surface area contributed by atoms with E-state index in [2.05, 4.69) is 5.32 Å². The average Bonchev–Trinajstić information content (AvgIpc) is 2.37. The molecule has 0 radical (unpaired) electrons. The summed E-state index contributed by atoms with van der Waals surface area (Å²) in [6, 6.07) is 0. The quantitative estimate of drug-likeness (QED) is 0.504. The number of nitrogens with one attached hydrogen (secondary N) is 1. The number of ether oxygens (including phenoxy) is 3. The smallest absolute Gasteiger partial charge is 0.332 e. The molecule has 1 aliphatic rings. The zero-order valence-electron chi connectivity index (χ0n) is 10.6. The van der Waals surface area contributed by atoms with Crippen molar-refractivity contribution < 1.29 is 19.0 Å². The first-order chi connectivity index (χ1) is 8.33. The summed E-state index contributed by atoms with van der Waals surface area (Å²) in [5, 5.41) is 3.24. The molecule has 1 rings (SSSR count). The van der Waals surface area contributed by atoms with Crippen LogP contribution in [-0.4, -0.2) is 51.6 Å². The lowest BCUT2D eigenvalue weighted by molar-refractivity contribution is -0.153. The maximum atomic E-state index is 11.3. The minimum atomic E-state index is -0.302. The summed E-state index contributed by atoms with van der Waals surface area (Å²) in [7, 11) is 0. The maximum absolute atomic E-state index is 11.3. The third kappa shape index (κ3) is 7.31. The van der Waals surface area contributed by atoms with Crippen molar-refractivity contribution in [3.63, 3.8) is 0 Å². The molecule has 0 aromatic heterocycles. The Balaban J connectivity index is 1.93. The van der Waals surface area contributed by atoms with Crippen LogP contribution < -0.4 is 5.32 Å². The molecule has 5 nitrogen and oxygen atoms in total. The molecule has 100 valence electrons. The lowest BCUT2D eigenvalue weighted by Gasteiger charge is -2.22. The number of hydrogen-bond acceptors (Lipinski definition) is 5. The van der Waals surface area contributed by atoms with Crippen molar-refractivity contribution in [1.82, 2.24) is 5.32 Å². The fourth-order valence-electron chi connectivity index (χ4n) is 1.65. The largest absolute Gasteiger partial charge is 0.462 e. The summed E-state index contributed by atoms with van der Waals surface area (Å²) in [5.41, 5.74) is 0. The molecule has 1 heterocycles. The van der Waals surface area contributed by atoms with Crippen molar-refractivity contribution in [2.45, 2.75) is 32.3 Å². The monoisotopic (exact) mass is 245 g/mol. The first-order valence-electron chi connectivity index (χ1n) is 6.38. The molecule has 0 aromatic carbocycles. The van der Waals surface area contributed by atoms with Gasteiger partial charge in [-0.25, -0.2) is 4.79 Å². The number of piperidine rings is 1. The lowest BCUT2D eigenvalue weighted by Crippen LogP contribution is -2.33. The Bertz CT molecular complexity index is 205. The van der Waals surface area contributed by atoms with Gasteiger partial charge in [0, 0.05) is 6.61 Å². The van der Waals surface area contributed by atoms with Gasteiger partial charge >= 0.3 is 5.97 Å². The molecular formula is C12H23NO4. The Morgan fingerprint density at radius 2 is 2.00 bits per heavy atom. The zero-order valence-corrected chi connectivity index (χ0v) is 10.6. The molecule has 0 spiro atoms. The Morgan fingerprint density at radius 1 is 1.24 bits per heavy atom. The Labute approximate surface area is 103 Å². The number of hydrogen-bond donors (Lipinski definition) is 1. The Morgan fingerprint density at radius 3 is 2.71 bits per heavy atom. The van der Waals surface area contributed by atoms with Crippen LogP contribution in [0.2, 0.25) is 0 Å². The molecule has 0 bridgehead atoms. The van der Waals surface area contributed by atoms with E-state index >= 15 is 0 Å². The molecule has 1 aliphatic heterocycles. The van der Waals surface area contributed by atoms with E-state index in [0.717, 1.165) is 32.4 Å². The second-order valence-electron chi connectivity index (χ2n) is 4.09. The van der Waals surface area contributed by atoms with Gasteiger partial charge in [-0.2, -0.15) is 0 Å².